The molecule has 0 spiro atoms. The molecule has 0 unspecified atom stereocenters. The van der Waals surface area contributed by atoms with E-state index in [2.05, 4.69) is 44.8 Å². The van der Waals surface area contributed by atoms with E-state index >= 15 is 0 Å². The molecule has 2 nitrogen and oxygen atoms in total. The van der Waals surface area contributed by atoms with Crippen LogP contribution >= 0.6 is 15.9 Å². The Hall–Kier alpha value is -0.380. The molecule has 2 N–H and O–H groups in total. The Balaban J connectivity index is 2.21. The molecule has 0 bridgehead atoms. The summed E-state index contributed by atoms with van der Waals surface area (Å²) in [6, 6.07) is 8.31. The van der Waals surface area contributed by atoms with Crippen LogP contribution in [0.2, 0.25) is 0 Å². The maximum Gasteiger partial charge on any atom is 0.0220 e. The number of rotatable bonds is 6. The van der Waals surface area contributed by atoms with Gasteiger partial charge in [-0.05, 0) is 38.2 Å². The summed E-state index contributed by atoms with van der Waals surface area (Å²) < 4.78 is 1.18. The molecule has 1 aromatic carbocycles. The molecule has 0 aromatic heterocycles. The van der Waals surface area contributed by atoms with Crippen LogP contribution in [0.4, 0.5) is 0 Å². The van der Waals surface area contributed by atoms with Gasteiger partial charge in [0.05, 0.1) is 0 Å². The highest BCUT2D eigenvalue weighted by molar-refractivity contribution is 9.10. The lowest BCUT2D eigenvalue weighted by molar-refractivity contribution is 0.624. The molecular weight excluding hydrogens is 240 g/mol. The highest BCUT2D eigenvalue weighted by atomic mass is 79.9. The second-order valence-corrected chi connectivity index (χ2v) is 4.08. The van der Waals surface area contributed by atoms with Gasteiger partial charge in [-0.3, -0.25) is 0 Å². The summed E-state index contributed by atoms with van der Waals surface area (Å²) in [7, 11) is 1.98. The average Bonchev–Trinajstić information content (AvgIpc) is 2.20. The molecular formula is C11H17BrN2. The fraction of sp³-hybridized carbons (Fsp3) is 0.455. The summed E-state index contributed by atoms with van der Waals surface area (Å²) in [4.78, 5) is 0. The lowest BCUT2D eigenvalue weighted by atomic mass is 10.2. The average molecular weight is 257 g/mol. The Bertz CT molecular complexity index is 263. The van der Waals surface area contributed by atoms with E-state index in [1.165, 1.54) is 16.5 Å². The third-order valence-electron chi connectivity index (χ3n) is 2.05. The predicted octanol–water partition coefficient (Wildman–Crippen LogP) is 2.15. The van der Waals surface area contributed by atoms with Crippen LogP contribution in [0.15, 0.2) is 28.7 Å². The number of hydrogen-bond acceptors (Lipinski definition) is 2. The van der Waals surface area contributed by atoms with Gasteiger partial charge in [0.15, 0.2) is 0 Å². The fourth-order valence-corrected chi connectivity index (χ4v) is 1.68. The fourth-order valence-electron chi connectivity index (χ4n) is 1.25. The van der Waals surface area contributed by atoms with Crippen molar-refractivity contribution in [3.63, 3.8) is 0 Å². The van der Waals surface area contributed by atoms with Gasteiger partial charge in [-0.15, -0.1) is 0 Å². The van der Waals surface area contributed by atoms with Gasteiger partial charge in [0.25, 0.3) is 0 Å². The van der Waals surface area contributed by atoms with Gasteiger partial charge in [0.1, 0.15) is 0 Å². The molecule has 3 heteroatoms. The van der Waals surface area contributed by atoms with Crippen LogP contribution < -0.4 is 10.6 Å². The molecule has 0 amide bonds. The van der Waals surface area contributed by atoms with Gasteiger partial charge in [-0.2, -0.15) is 0 Å². The first kappa shape index (κ1) is 11.7. The third-order valence-corrected chi connectivity index (χ3v) is 2.83. The molecule has 0 heterocycles. The van der Waals surface area contributed by atoms with Gasteiger partial charge in [0.2, 0.25) is 0 Å². The van der Waals surface area contributed by atoms with Crippen molar-refractivity contribution in [1.29, 1.82) is 0 Å². The highest BCUT2D eigenvalue weighted by Gasteiger charge is 1.96. The minimum atomic E-state index is 0.936. The molecule has 0 aliphatic heterocycles. The molecule has 78 valence electrons. The summed E-state index contributed by atoms with van der Waals surface area (Å²) in [5.74, 6) is 0. The minimum Gasteiger partial charge on any atom is -0.320 e. The van der Waals surface area contributed by atoms with Crippen LogP contribution in [0.3, 0.4) is 0 Å². The quantitative estimate of drug-likeness (QED) is 0.763. The minimum absolute atomic E-state index is 0.936. The first-order valence-corrected chi connectivity index (χ1v) is 5.72. The van der Waals surface area contributed by atoms with Gasteiger partial charge in [0, 0.05) is 11.0 Å². The highest BCUT2D eigenvalue weighted by Crippen LogP contribution is 2.14. The number of nitrogens with one attached hydrogen (secondary N) is 2. The summed E-state index contributed by atoms with van der Waals surface area (Å²) in [5.41, 5.74) is 1.32. The van der Waals surface area contributed by atoms with Gasteiger partial charge >= 0.3 is 0 Å². The zero-order chi connectivity index (χ0) is 10.2. The molecule has 1 aromatic rings. The maximum absolute atomic E-state index is 3.53. The number of halogens is 1. The smallest absolute Gasteiger partial charge is 0.0220 e. The Kier molecular flexibility index (Phi) is 5.83. The zero-order valence-electron chi connectivity index (χ0n) is 8.52. The standard InChI is InChI=1S/C11H17BrN2/c1-13-7-4-8-14-9-10-5-2-3-6-11(10)12/h2-3,5-6,13-14H,4,7-9H2,1H3. The van der Waals surface area contributed by atoms with Crippen molar-refractivity contribution in [2.45, 2.75) is 13.0 Å². The largest absolute Gasteiger partial charge is 0.320 e. The molecule has 0 radical (unpaired) electrons. The predicted molar refractivity (Wildman–Crippen MR) is 64.4 cm³/mol. The van der Waals surface area contributed by atoms with Crippen molar-refractivity contribution in [1.82, 2.24) is 10.6 Å². The van der Waals surface area contributed by atoms with Crippen molar-refractivity contribution >= 4 is 15.9 Å². The monoisotopic (exact) mass is 256 g/mol. The second kappa shape index (κ2) is 6.98. The van der Waals surface area contributed by atoms with Gasteiger partial charge in [-0.1, -0.05) is 34.1 Å². The third kappa shape index (κ3) is 4.22. The van der Waals surface area contributed by atoms with E-state index in [-0.39, 0.29) is 0 Å². The molecule has 14 heavy (non-hydrogen) atoms. The molecule has 0 saturated carbocycles. The van der Waals surface area contributed by atoms with Crippen LogP contribution in [-0.2, 0) is 6.54 Å². The van der Waals surface area contributed by atoms with Crippen molar-refractivity contribution in [2.24, 2.45) is 0 Å². The van der Waals surface area contributed by atoms with Gasteiger partial charge in [-0.25, -0.2) is 0 Å². The Morgan fingerprint density at radius 3 is 2.71 bits per heavy atom. The first-order valence-electron chi connectivity index (χ1n) is 4.93. The van der Waals surface area contributed by atoms with Crippen molar-refractivity contribution in [3.8, 4) is 0 Å². The van der Waals surface area contributed by atoms with Crippen molar-refractivity contribution in [2.75, 3.05) is 20.1 Å². The van der Waals surface area contributed by atoms with Crippen molar-refractivity contribution < 1.29 is 0 Å². The summed E-state index contributed by atoms with van der Waals surface area (Å²) in [6.07, 6.45) is 1.17. The van der Waals surface area contributed by atoms with Gasteiger partial charge < -0.3 is 10.6 Å². The molecule has 0 fully saturated rings. The number of hydrogen-bond donors (Lipinski definition) is 2. The topological polar surface area (TPSA) is 24.1 Å². The van der Waals surface area contributed by atoms with E-state index in [9.17, 15) is 0 Å². The van der Waals surface area contributed by atoms with Crippen LogP contribution in [0.5, 0.6) is 0 Å². The summed E-state index contributed by atoms with van der Waals surface area (Å²) in [6.45, 7) is 3.07. The second-order valence-electron chi connectivity index (χ2n) is 3.23. The van der Waals surface area contributed by atoms with Crippen molar-refractivity contribution in [3.05, 3.63) is 34.3 Å². The van der Waals surface area contributed by atoms with E-state index in [0.29, 0.717) is 0 Å². The zero-order valence-corrected chi connectivity index (χ0v) is 10.1. The molecule has 0 atom stereocenters. The van der Waals surface area contributed by atoms with E-state index in [1.54, 1.807) is 0 Å². The van der Waals surface area contributed by atoms with Crippen LogP contribution in [0, 0.1) is 0 Å². The first-order chi connectivity index (χ1) is 6.84. The molecule has 0 aliphatic carbocycles. The Morgan fingerprint density at radius 1 is 1.21 bits per heavy atom. The van der Waals surface area contributed by atoms with E-state index in [4.69, 9.17) is 0 Å². The molecule has 0 saturated heterocycles. The van der Waals surface area contributed by atoms with Crippen LogP contribution in [-0.4, -0.2) is 20.1 Å². The van der Waals surface area contributed by atoms with Crippen LogP contribution in [0.1, 0.15) is 12.0 Å². The van der Waals surface area contributed by atoms with E-state index in [0.717, 1.165) is 19.6 Å². The van der Waals surface area contributed by atoms with Crippen LogP contribution in [0.25, 0.3) is 0 Å². The van der Waals surface area contributed by atoms with E-state index < -0.39 is 0 Å². The Morgan fingerprint density at radius 2 is 2.00 bits per heavy atom. The Labute approximate surface area is 94.2 Å². The molecule has 1 rings (SSSR count). The maximum atomic E-state index is 3.53. The number of benzene rings is 1. The molecule has 0 aliphatic rings. The van der Waals surface area contributed by atoms with E-state index in [1.807, 2.05) is 13.1 Å². The SMILES string of the molecule is CNCCCNCc1ccccc1Br. The summed E-state index contributed by atoms with van der Waals surface area (Å²) >= 11 is 3.53. The lowest BCUT2D eigenvalue weighted by Gasteiger charge is -2.06. The summed E-state index contributed by atoms with van der Waals surface area (Å²) in [5, 5.41) is 6.54. The normalized spacial score (nSPS) is 10.4. The lowest BCUT2D eigenvalue weighted by Crippen LogP contribution is -2.19.